The second-order valence-electron chi connectivity index (χ2n) is 6.21. The Hall–Kier alpha value is -0.220. The molecule has 2 nitrogen and oxygen atoms in total. The lowest BCUT2D eigenvalue weighted by Crippen LogP contribution is -2.44. The van der Waals surface area contributed by atoms with Gasteiger partial charge in [0.15, 0.2) is 0 Å². The van der Waals surface area contributed by atoms with Gasteiger partial charge in [-0.1, -0.05) is 32.1 Å². The molecule has 0 bridgehead atoms. The van der Waals surface area contributed by atoms with E-state index in [1.807, 2.05) is 0 Å². The summed E-state index contributed by atoms with van der Waals surface area (Å²) in [5.74, 6) is 4.32. The highest BCUT2D eigenvalue weighted by Crippen LogP contribution is 2.39. The molecule has 1 unspecified atom stereocenters. The van der Waals surface area contributed by atoms with Gasteiger partial charge in [-0.15, -0.1) is 0 Å². The molecule has 2 aliphatic carbocycles. The fourth-order valence-electron chi connectivity index (χ4n) is 3.64. The van der Waals surface area contributed by atoms with Crippen LogP contribution in [-0.2, 0) is 0 Å². The normalized spacial score (nSPS) is 28.2. The van der Waals surface area contributed by atoms with E-state index in [0.717, 1.165) is 12.3 Å². The van der Waals surface area contributed by atoms with Crippen molar-refractivity contribution in [2.75, 3.05) is 0 Å². The summed E-state index contributed by atoms with van der Waals surface area (Å²) in [6, 6.07) is 0.240. The van der Waals surface area contributed by atoms with Gasteiger partial charge in [-0.3, -0.25) is 11.3 Å². The molecule has 0 amide bonds. The average Bonchev–Trinajstić information content (AvgIpc) is 2.38. The molecule has 0 spiro atoms. The van der Waals surface area contributed by atoms with Crippen LogP contribution in [-0.4, -0.2) is 12.0 Å². The van der Waals surface area contributed by atoms with E-state index in [0.29, 0.717) is 18.8 Å². The Morgan fingerprint density at radius 1 is 1.06 bits per heavy atom. The molecule has 2 saturated carbocycles. The molecule has 4 heteroatoms. The summed E-state index contributed by atoms with van der Waals surface area (Å²) in [6.45, 7) is 0. The molecule has 0 saturated heterocycles. The number of nitrogens with two attached hydrogens (primary N) is 1. The summed E-state index contributed by atoms with van der Waals surface area (Å²) >= 11 is 0. The Labute approximate surface area is 109 Å². The van der Waals surface area contributed by atoms with Crippen LogP contribution >= 0.6 is 0 Å². The van der Waals surface area contributed by atoms with Crippen molar-refractivity contribution in [1.82, 2.24) is 5.43 Å². The largest absolute Gasteiger partial charge is 0.271 e. The standard InChI is InChI=1S/C14H26F2N2/c15-14(16)8-6-12(7-9-14)13(18-17)10-11-4-2-1-3-5-11/h11-13,18H,1-10,17H2. The van der Waals surface area contributed by atoms with Crippen LogP contribution in [0.1, 0.15) is 64.2 Å². The van der Waals surface area contributed by atoms with Crippen molar-refractivity contribution in [1.29, 1.82) is 0 Å². The summed E-state index contributed by atoms with van der Waals surface area (Å²) < 4.78 is 26.3. The zero-order valence-corrected chi connectivity index (χ0v) is 11.1. The van der Waals surface area contributed by atoms with Gasteiger partial charge >= 0.3 is 0 Å². The minimum Gasteiger partial charge on any atom is -0.271 e. The molecule has 0 aromatic heterocycles. The molecule has 2 fully saturated rings. The lowest BCUT2D eigenvalue weighted by molar-refractivity contribution is -0.0506. The second kappa shape index (κ2) is 6.29. The predicted octanol–water partition coefficient (Wildman–Crippen LogP) is 3.61. The van der Waals surface area contributed by atoms with Crippen molar-refractivity contribution in [2.45, 2.75) is 76.2 Å². The minimum atomic E-state index is -2.43. The first-order valence-corrected chi connectivity index (χ1v) is 7.45. The maximum Gasteiger partial charge on any atom is 0.248 e. The highest BCUT2D eigenvalue weighted by Gasteiger charge is 2.37. The van der Waals surface area contributed by atoms with E-state index in [2.05, 4.69) is 5.43 Å². The van der Waals surface area contributed by atoms with Gasteiger partial charge in [0.05, 0.1) is 0 Å². The molecule has 2 aliphatic rings. The molecule has 0 aliphatic heterocycles. The first-order chi connectivity index (χ1) is 8.61. The third-order valence-corrected chi connectivity index (χ3v) is 4.86. The average molecular weight is 260 g/mol. The lowest BCUT2D eigenvalue weighted by atomic mass is 9.76. The van der Waals surface area contributed by atoms with Gasteiger partial charge in [-0.25, -0.2) is 8.78 Å². The van der Waals surface area contributed by atoms with Gasteiger partial charge in [-0.2, -0.15) is 0 Å². The van der Waals surface area contributed by atoms with E-state index >= 15 is 0 Å². The summed E-state index contributed by atoms with van der Waals surface area (Å²) in [6.07, 6.45) is 8.99. The van der Waals surface area contributed by atoms with Gasteiger partial charge < -0.3 is 0 Å². The van der Waals surface area contributed by atoms with Crippen LogP contribution in [0.2, 0.25) is 0 Å². The number of hydrogen-bond acceptors (Lipinski definition) is 2. The van der Waals surface area contributed by atoms with E-state index in [9.17, 15) is 8.78 Å². The van der Waals surface area contributed by atoms with Crippen LogP contribution in [0.4, 0.5) is 8.78 Å². The number of nitrogens with one attached hydrogen (secondary N) is 1. The molecular weight excluding hydrogens is 234 g/mol. The Morgan fingerprint density at radius 3 is 2.22 bits per heavy atom. The zero-order valence-electron chi connectivity index (χ0n) is 11.1. The van der Waals surface area contributed by atoms with Crippen LogP contribution in [0.25, 0.3) is 0 Å². The molecular formula is C14H26F2N2. The second-order valence-corrected chi connectivity index (χ2v) is 6.21. The van der Waals surface area contributed by atoms with Gasteiger partial charge in [0.25, 0.3) is 0 Å². The summed E-state index contributed by atoms with van der Waals surface area (Å²) in [7, 11) is 0. The molecule has 3 N–H and O–H groups in total. The topological polar surface area (TPSA) is 38.0 Å². The van der Waals surface area contributed by atoms with E-state index in [1.54, 1.807) is 0 Å². The maximum atomic E-state index is 13.2. The molecule has 0 radical (unpaired) electrons. The van der Waals surface area contributed by atoms with Gasteiger partial charge in [0.2, 0.25) is 5.92 Å². The predicted molar refractivity (Wildman–Crippen MR) is 69.2 cm³/mol. The highest BCUT2D eigenvalue weighted by molar-refractivity contribution is 4.85. The van der Waals surface area contributed by atoms with Crippen LogP contribution in [0.15, 0.2) is 0 Å². The Morgan fingerprint density at radius 2 is 1.67 bits per heavy atom. The summed E-state index contributed by atoms with van der Waals surface area (Å²) in [4.78, 5) is 0. The van der Waals surface area contributed by atoms with Crippen LogP contribution < -0.4 is 11.3 Å². The van der Waals surface area contributed by atoms with E-state index in [1.165, 1.54) is 32.1 Å². The first-order valence-electron chi connectivity index (χ1n) is 7.45. The minimum absolute atomic E-state index is 0.0422. The Kier molecular flexibility index (Phi) is 4.96. The SMILES string of the molecule is NNC(CC1CCCCC1)C1CCC(F)(F)CC1. The van der Waals surface area contributed by atoms with Crippen molar-refractivity contribution in [2.24, 2.45) is 17.7 Å². The fraction of sp³-hybridized carbons (Fsp3) is 1.00. The van der Waals surface area contributed by atoms with E-state index < -0.39 is 5.92 Å². The van der Waals surface area contributed by atoms with Crippen molar-refractivity contribution in [3.05, 3.63) is 0 Å². The Bertz CT molecular complexity index is 242. The summed E-state index contributed by atoms with van der Waals surface area (Å²) in [5.41, 5.74) is 2.90. The monoisotopic (exact) mass is 260 g/mol. The number of rotatable bonds is 4. The molecule has 0 aromatic rings. The zero-order chi connectivity index (χ0) is 13.0. The highest BCUT2D eigenvalue weighted by atomic mass is 19.3. The quantitative estimate of drug-likeness (QED) is 0.598. The molecule has 0 heterocycles. The molecule has 2 rings (SSSR count). The van der Waals surface area contributed by atoms with Crippen molar-refractivity contribution >= 4 is 0 Å². The van der Waals surface area contributed by atoms with E-state index in [-0.39, 0.29) is 18.9 Å². The first kappa shape index (κ1) is 14.2. The lowest BCUT2D eigenvalue weighted by Gasteiger charge is -2.35. The smallest absolute Gasteiger partial charge is 0.248 e. The van der Waals surface area contributed by atoms with Crippen molar-refractivity contribution < 1.29 is 8.78 Å². The van der Waals surface area contributed by atoms with Crippen LogP contribution in [0.3, 0.4) is 0 Å². The fourth-order valence-corrected chi connectivity index (χ4v) is 3.64. The number of hydrogen-bond donors (Lipinski definition) is 2. The number of hydrazine groups is 1. The van der Waals surface area contributed by atoms with Gasteiger partial charge in [0, 0.05) is 18.9 Å². The number of halogens is 2. The Balaban J connectivity index is 1.81. The van der Waals surface area contributed by atoms with Gasteiger partial charge in [0.1, 0.15) is 0 Å². The molecule has 106 valence electrons. The molecule has 18 heavy (non-hydrogen) atoms. The van der Waals surface area contributed by atoms with E-state index in [4.69, 9.17) is 5.84 Å². The van der Waals surface area contributed by atoms with Crippen molar-refractivity contribution in [3.63, 3.8) is 0 Å². The van der Waals surface area contributed by atoms with Crippen molar-refractivity contribution in [3.8, 4) is 0 Å². The molecule has 1 atom stereocenters. The third-order valence-electron chi connectivity index (χ3n) is 4.86. The maximum absolute atomic E-state index is 13.2. The number of alkyl halides is 2. The summed E-state index contributed by atoms with van der Waals surface area (Å²) in [5, 5.41) is 0. The van der Waals surface area contributed by atoms with Crippen LogP contribution in [0, 0.1) is 11.8 Å². The van der Waals surface area contributed by atoms with Crippen LogP contribution in [0.5, 0.6) is 0 Å². The molecule has 0 aromatic carbocycles. The third kappa shape index (κ3) is 3.89. The van der Waals surface area contributed by atoms with Gasteiger partial charge in [-0.05, 0) is 31.1 Å².